The zero-order valence-electron chi connectivity index (χ0n) is 10.9. The van der Waals surface area contributed by atoms with Crippen LogP contribution in [0, 0.1) is 11.6 Å². The Balaban J connectivity index is 2.99. The van der Waals surface area contributed by atoms with Crippen molar-refractivity contribution in [2.45, 2.75) is 31.1 Å². The van der Waals surface area contributed by atoms with Crippen molar-refractivity contribution in [3.05, 3.63) is 29.3 Å². The van der Waals surface area contributed by atoms with Crippen LogP contribution in [0.3, 0.4) is 0 Å². The number of halogens is 2. The first kappa shape index (κ1) is 16.5. The highest BCUT2D eigenvalue weighted by Gasteiger charge is 2.20. The second kappa shape index (κ2) is 6.76. The van der Waals surface area contributed by atoms with Crippen molar-refractivity contribution in [2.24, 2.45) is 5.14 Å². The zero-order chi connectivity index (χ0) is 15.3. The first-order valence-corrected chi connectivity index (χ1v) is 7.62. The number of nitrogens with two attached hydrogens (primary N) is 1. The Morgan fingerprint density at radius 3 is 2.50 bits per heavy atom. The van der Waals surface area contributed by atoms with Crippen LogP contribution in [-0.2, 0) is 10.0 Å². The normalized spacial score (nSPS) is 11.4. The maximum atomic E-state index is 13.5. The van der Waals surface area contributed by atoms with Crippen molar-refractivity contribution >= 4 is 15.9 Å². The molecular formula is C12H16F2N2O3S. The number of benzene rings is 1. The van der Waals surface area contributed by atoms with Gasteiger partial charge in [-0.3, -0.25) is 4.79 Å². The number of nitrogens with one attached hydrogen (secondary N) is 1. The van der Waals surface area contributed by atoms with E-state index in [1.54, 1.807) is 0 Å². The predicted octanol–water partition coefficient (Wildman–Crippen LogP) is 1.53. The lowest BCUT2D eigenvalue weighted by Crippen LogP contribution is -2.26. The lowest BCUT2D eigenvalue weighted by atomic mass is 10.2. The summed E-state index contributed by atoms with van der Waals surface area (Å²) in [4.78, 5) is 11.1. The second-order valence-corrected chi connectivity index (χ2v) is 5.84. The summed E-state index contributed by atoms with van der Waals surface area (Å²) < 4.78 is 49.1. The molecule has 1 rings (SSSR count). The second-order valence-electron chi connectivity index (χ2n) is 4.27. The Labute approximate surface area is 116 Å². The van der Waals surface area contributed by atoms with Gasteiger partial charge in [-0.1, -0.05) is 19.8 Å². The Morgan fingerprint density at radius 1 is 1.30 bits per heavy atom. The molecule has 5 nitrogen and oxygen atoms in total. The molecule has 0 aliphatic heterocycles. The van der Waals surface area contributed by atoms with Crippen LogP contribution in [0.25, 0.3) is 0 Å². The number of hydrogen-bond donors (Lipinski definition) is 2. The van der Waals surface area contributed by atoms with Gasteiger partial charge in [0.15, 0.2) is 11.6 Å². The van der Waals surface area contributed by atoms with Gasteiger partial charge in [-0.2, -0.15) is 0 Å². The summed E-state index contributed by atoms with van der Waals surface area (Å²) in [5.41, 5.74) is -0.675. The lowest BCUT2D eigenvalue weighted by Gasteiger charge is -2.08. The van der Waals surface area contributed by atoms with E-state index >= 15 is 0 Å². The van der Waals surface area contributed by atoms with Crippen molar-refractivity contribution in [1.82, 2.24) is 5.32 Å². The molecule has 0 aromatic heterocycles. The number of carbonyl (C=O) groups is 1. The molecule has 0 heterocycles. The SMILES string of the molecule is CCCCCNC(=O)c1cc(S(N)(=O)=O)cc(F)c1F. The summed E-state index contributed by atoms with van der Waals surface area (Å²) in [7, 11) is -4.21. The topological polar surface area (TPSA) is 89.3 Å². The molecule has 1 aromatic rings. The third kappa shape index (κ3) is 4.24. The average molecular weight is 306 g/mol. The molecule has 0 spiro atoms. The maximum Gasteiger partial charge on any atom is 0.254 e. The predicted molar refractivity (Wildman–Crippen MR) is 69.6 cm³/mol. The van der Waals surface area contributed by atoms with E-state index in [9.17, 15) is 22.0 Å². The number of unbranched alkanes of at least 4 members (excludes halogenated alkanes) is 2. The molecule has 0 saturated carbocycles. The van der Waals surface area contributed by atoms with Crippen molar-refractivity contribution in [1.29, 1.82) is 0 Å². The largest absolute Gasteiger partial charge is 0.352 e. The van der Waals surface area contributed by atoms with Crippen molar-refractivity contribution in [3.63, 3.8) is 0 Å². The maximum absolute atomic E-state index is 13.5. The fourth-order valence-electron chi connectivity index (χ4n) is 1.57. The fraction of sp³-hybridized carbons (Fsp3) is 0.417. The molecule has 0 saturated heterocycles. The van der Waals surface area contributed by atoms with Crippen LogP contribution in [0.1, 0.15) is 36.5 Å². The molecule has 112 valence electrons. The number of sulfonamides is 1. The van der Waals surface area contributed by atoms with Crippen LogP contribution in [0.2, 0.25) is 0 Å². The molecule has 0 aliphatic carbocycles. The first-order chi connectivity index (χ1) is 9.27. The Bertz CT molecular complexity index is 603. The minimum atomic E-state index is -4.21. The minimum Gasteiger partial charge on any atom is -0.352 e. The standard InChI is InChI=1S/C12H16F2N2O3S/c1-2-3-4-5-16-12(17)9-6-8(20(15,18)19)7-10(13)11(9)14/h6-7H,2-5H2,1H3,(H,16,17)(H2,15,18,19). The van der Waals surface area contributed by atoms with Crippen molar-refractivity contribution in [2.75, 3.05) is 6.54 Å². The number of amides is 1. The zero-order valence-corrected chi connectivity index (χ0v) is 11.8. The van der Waals surface area contributed by atoms with Gasteiger partial charge in [-0.25, -0.2) is 22.3 Å². The van der Waals surface area contributed by atoms with E-state index in [1.807, 2.05) is 6.92 Å². The van der Waals surface area contributed by atoms with Gasteiger partial charge in [-0.05, 0) is 18.6 Å². The van der Waals surface area contributed by atoms with E-state index in [1.165, 1.54) is 0 Å². The van der Waals surface area contributed by atoms with Crippen molar-refractivity contribution < 1.29 is 22.0 Å². The Kier molecular flexibility index (Phi) is 5.58. The van der Waals surface area contributed by atoms with E-state index in [0.717, 1.165) is 18.9 Å². The van der Waals surface area contributed by atoms with Crippen LogP contribution in [0.15, 0.2) is 17.0 Å². The van der Waals surface area contributed by atoms with E-state index in [4.69, 9.17) is 5.14 Å². The third-order valence-electron chi connectivity index (χ3n) is 2.64. The number of hydrogen-bond acceptors (Lipinski definition) is 3. The van der Waals surface area contributed by atoms with E-state index in [2.05, 4.69) is 5.32 Å². The molecule has 1 amide bonds. The highest BCUT2D eigenvalue weighted by molar-refractivity contribution is 7.89. The Hall–Kier alpha value is -1.54. The molecule has 3 N–H and O–H groups in total. The van der Waals surface area contributed by atoms with Gasteiger partial charge in [0.1, 0.15) is 0 Å². The quantitative estimate of drug-likeness (QED) is 0.781. The summed E-state index contributed by atoms with van der Waals surface area (Å²) in [5.74, 6) is -3.70. The van der Waals surface area contributed by atoms with E-state index in [-0.39, 0.29) is 0 Å². The molecule has 0 bridgehead atoms. The van der Waals surface area contributed by atoms with Gasteiger partial charge in [0.25, 0.3) is 5.91 Å². The molecule has 0 atom stereocenters. The average Bonchev–Trinajstić information content (AvgIpc) is 2.36. The fourth-order valence-corrected chi connectivity index (χ4v) is 2.12. The Morgan fingerprint density at radius 2 is 1.95 bits per heavy atom. The molecule has 8 heteroatoms. The van der Waals surface area contributed by atoms with Gasteiger partial charge in [0.05, 0.1) is 10.5 Å². The summed E-state index contributed by atoms with van der Waals surface area (Å²) in [5, 5.41) is 7.24. The smallest absolute Gasteiger partial charge is 0.254 e. The summed E-state index contributed by atoms with van der Waals surface area (Å²) >= 11 is 0. The molecule has 0 unspecified atom stereocenters. The van der Waals surface area contributed by atoms with Crippen LogP contribution in [0.5, 0.6) is 0 Å². The van der Waals surface area contributed by atoms with Gasteiger partial charge < -0.3 is 5.32 Å². The van der Waals surface area contributed by atoms with E-state index in [0.29, 0.717) is 19.0 Å². The molecule has 0 fully saturated rings. The minimum absolute atomic E-state index is 0.299. The molecule has 0 radical (unpaired) electrons. The summed E-state index contributed by atoms with van der Waals surface area (Å²) in [6, 6.07) is 1.17. The highest BCUT2D eigenvalue weighted by atomic mass is 32.2. The van der Waals surface area contributed by atoms with Crippen LogP contribution in [0.4, 0.5) is 8.78 Å². The monoisotopic (exact) mass is 306 g/mol. The van der Waals surface area contributed by atoms with Gasteiger partial charge in [0, 0.05) is 6.54 Å². The number of primary sulfonamides is 1. The van der Waals surface area contributed by atoms with Crippen LogP contribution >= 0.6 is 0 Å². The number of rotatable bonds is 6. The van der Waals surface area contributed by atoms with Crippen LogP contribution in [-0.4, -0.2) is 20.9 Å². The molecule has 20 heavy (non-hydrogen) atoms. The third-order valence-corrected chi connectivity index (χ3v) is 3.53. The van der Waals surface area contributed by atoms with Crippen molar-refractivity contribution in [3.8, 4) is 0 Å². The van der Waals surface area contributed by atoms with Gasteiger partial charge in [0.2, 0.25) is 10.0 Å². The van der Waals surface area contributed by atoms with Gasteiger partial charge >= 0.3 is 0 Å². The lowest BCUT2D eigenvalue weighted by molar-refractivity contribution is 0.0947. The molecule has 0 aliphatic rings. The molecular weight excluding hydrogens is 290 g/mol. The molecule has 1 aromatic carbocycles. The first-order valence-electron chi connectivity index (χ1n) is 6.07. The summed E-state index contributed by atoms with van der Waals surface area (Å²) in [6.07, 6.45) is 2.52. The highest BCUT2D eigenvalue weighted by Crippen LogP contribution is 2.18. The summed E-state index contributed by atoms with van der Waals surface area (Å²) in [6.45, 7) is 2.28. The van der Waals surface area contributed by atoms with Crippen LogP contribution < -0.4 is 10.5 Å². The number of carbonyl (C=O) groups excluding carboxylic acids is 1. The van der Waals surface area contributed by atoms with Gasteiger partial charge in [-0.15, -0.1) is 0 Å². The van der Waals surface area contributed by atoms with E-state index < -0.39 is 38.0 Å².